The first-order chi connectivity index (χ1) is 15.3. The molecule has 1 aromatic heterocycles. The quantitative estimate of drug-likeness (QED) is 0.322. The van der Waals surface area contributed by atoms with Crippen molar-refractivity contribution in [2.75, 3.05) is 19.5 Å². The van der Waals surface area contributed by atoms with Crippen LogP contribution in [0.3, 0.4) is 0 Å². The molecule has 32 heavy (non-hydrogen) atoms. The Morgan fingerprint density at radius 3 is 2.59 bits per heavy atom. The number of hydrogen-bond donors (Lipinski definition) is 1. The molecule has 1 amide bonds. The molecular formula is C23H20ClNO7. The van der Waals surface area contributed by atoms with E-state index in [4.69, 9.17) is 30.2 Å². The highest BCUT2D eigenvalue weighted by Gasteiger charge is 2.11. The maximum absolute atomic E-state index is 12.2. The fraction of sp³-hybridized carbons (Fsp3) is 0.174. The summed E-state index contributed by atoms with van der Waals surface area (Å²) in [6, 6.07) is 9.41. The first kappa shape index (κ1) is 22.9. The number of esters is 1. The zero-order valence-corrected chi connectivity index (χ0v) is 18.3. The molecular weight excluding hydrogens is 438 g/mol. The monoisotopic (exact) mass is 457 g/mol. The van der Waals surface area contributed by atoms with Crippen LogP contribution in [-0.2, 0) is 20.9 Å². The molecule has 0 spiro atoms. The molecule has 9 heteroatoms. The lowest BCUT2D eigenvalue weighted by molar-refractivity contribution is -0.138. The van der Waals surface area contributed by atoms with E-state index < -0.39 is 11.6 Å². The summed E-state index contributed by atoms with van der Waals surface area (Å²) in [6.07, 6.45) is 2.76. The molecule has 0 radical (unpaired) electrons. The predicted molar refractivity (Wildman–Crippen MR) is 120 cm³/mol. The highest BCUT2D eigenvalue weighted by Crippen LogP contribution is 2.36. The van der Waals surface area contributed by atoms with Gasteiger partial charge in [0.2, 0.25) is 5.91 Å². The van der Waals surface area contributed by atoms with Crippen molar-refractivity contribution in [1.82, 2.24) is 0 Å². The van der Waals surface area contributed by atoms with Crippen LogP contribution < -0.4 is 20.4 Å². The molecule has 1 heterocycles. The lowest BCUT2D eigenvalue weighted by Gasteiger charge is -2.10. The molecule has 0 unspecified atom stereocenters. The molecule has 0 aliphatic carbocycles. The lowest BCUT2D eigenvalue weighted by Crippen LogP contribution is -2.07. The number of hydrogen-bond acceptors (Lipinski definition) is 7. The molecule has 166 valence electrons. The summed E-state index contributed by atoms with van der Waals surface area (Å²) >= 11 is 6.16. The van der Waals surface area contributed by atoms with Crippen LogP contribution in [-0.4, -0.2) is 26.1 Å². The third-order valence-corrected chi connectivity index (χ3v) is 4.67. The standard InChI is InChI=1S/C23H20ClNO7/c1-13(26)25-16-5-6-17-15(10-22(28)32-19(17)11-16)12-31-21(27)7-4-14-8-18(24)23(30-3)20(9-14)29-2/h4-11H,12H2,1-3H3,(H,25,26)/b7-4+. The Bertz CT molecular complexity index is 1260. The fourth-order valence-corrected chi connectivity index (χ4v) is 3.32. The highest BCUT2D eigenvalue weighted by atomic mass is 35.5. The average molecular weight is 458 g/mol. The van der Waals surface area contributed by atoms with Crippen LogP contribution in [0.1, 0.15) is 18.1 Å². The molecule has 0 atom stereocenters. The Morgan fingerprint density at radius 1 is 1.12 bits per heavy atom. The Hall–Kier alpha value is -3.78. The number of nitrogens with one attached hydrogen (secondary N) is 1. The van der Waals surface area contributed by atoms with Gasteiger partial charge in [0.1, 0.15) is 12.2 Å². The zero-order chi connectivity index (χ0) is 23.3. The lowest BCUT2D eigenvalue weighted by atomic mass is 10.1. The molecule has 0 aliphatic heterocycles. The van der Waals surface area contributed by atoms with Crippen molar-refractivity contribution in [2.45, 2.75) is 13.5 Å². The number of rotatable bonds is 7. The van der Waals surface area contributed by atoms with Crippen molar-refractivity contribution in [2.24, 2.45) is 0 Å². The maximum atomic E-state index is 12.2. The molecule has 1 N–H and O–H groups in total. The van der Waals surface area contributed by atoms with Crippen LogP contribution in [0.4, 0.5) is 5.69 Å². The van der Waals surface area contributed by atoms with E-state index in [1.165, 1.54) is 45.4 Å². The van der Waals surface area contributed by atoms with Gasteiger partial charge in [-0.15, -0.1) is 0 Å². The van der Waals surface area contributed by atoms with Gasteiger partial charge in [-0.1, -0.05) is 11.6 Å². The van der Waals surface area contributed by atoms with E-state index in [9.17, 15) is 14.4 Å². The van der Waals surface area contributed by atoms with Crippen molar-refractivity contribution in [3.05, 3.63) is 69.0 Å². The average Bonchev–Trinajstić information content (AvgIpc) is 2.74. The number of anilines is 1. The van der Waals surface area contributed by atoms with Gasteiger partial charge in [-0.05, 0) is 35.9 Å². The topological polar surface area (TPSA) is 104 Å². The second kappa shape index (κ2) is 10.0. The van der Waals surface area contributed by atoms with Gasteiger partial charge in [0.25, 0.3) is 0 Å². The number of methoxy groups -OCH3 is 2. The summed E-state index contributed by atoms with van der Waals surface area (Å²) in [5.41, 5.74) is 1.24. The molecule has 0 fully saturated rings. The Kier molecular flexibility index (Phi) is 7.17. The molecule has 8 nitrogen and oxygen atoms in total. The first-order valence-corrected chi connectivity index (χ1v) is 9.79. The van der Waals surface area contributed by atoms with Gasteiger partial charge in [0.15, 0.2) is 11.5 Å². The molecule has 2 aromatic carbocycles. The largest absolute Gasteiger partial charge is 0.493 e. The molecule has 3 aromatic rings. The number of halogens is 1. The van der Waals surface area contributed by atoms with Crippen LogP contribution in [0.15, 0.2) is 51.7 Å². The van der Waals surface area contributed by atoms with Gasteiger partial charge in [0, 0.05) is 41.8 Å². The summed E-state index contributed by atoms with van der Waals surface area (Å²) in [5, 5.41) is 3.54. The van der Waals surface area contributed by atoms with Crippen molar-refractivity contribution in [1.29, 1.82) is 0 Å². The summed E-state index contributed by atoms with van der Waals surface area (Å²) in [4.78, 5) is 35.3. The number of benzene rings is 2. The minimum Gasteiger partial charge on any atom is -0.493 e. The van der Waals surface area contributed by atoms with Gasteiger partial charge in [0.05, 0.1) is 19.2 Å². The normalized spacial score (nSPS) is 10.9. The molecule has 3 rings (SSSR count). The van der Waals surface area contributed by atoms with Gasteiger partial charge in [-0.25, -0.2) is 9.59 Å². The number of ether oxygens (including phenoxy) is 3. The minimum absolute atomic E-state index is 0.141. The van der Waals surface area contributed by atoms with Crippen molar-refractivity contribution in [3.63, 3.8) is 0 Å². The fourth-order valence-electron chi connectivity index (χ4n) is 3.03. The van der Waals surface area contributed by atoms with Crippen molar-refractivity contribution >= 4 is 46.2 Å². The minimum atomic E-state index is -0.618. The van der Waals surface area contributed by atoms with Crippen LogP contribution in [0.25, 0.3) is 17.0 Å². The first-order valence-electron chi connectivity index (χ1n) is 9.41. The van der Waals surface area contributed by atoms with Crippen LogP contribution in [0, 0.1) is 0 Å². The second-order valence-corrected chi connectivity index (χ2v) is 7.07. The van der Waals surface area contributed by atoms with E-state index >= 15 is 0 Å². The van der Waals surface area contributed by atoms with Gasteiger partial charge < -0.3 is 23.9 Å². The van der Waals surface area contributed by atoms with Gasteiger partial charge >= 0.3 is 11.6 Å². The smallest absolute Gasteiger partial charge is 0.336 e. The molecule has 0 bridgehead atoms. The van der Waals surface area contributed by atoms with E-state index in [0.717, 1.165) is 0 Å². The van der Waals surface area contributed by atoms with E-state index in [1.54, 1.807) is 24.3 Å². The van der Waals surface area contributed by atoms with Crippen molar-refractivity contribution in [3.8, 4) is 11.5 Å². The third-order valence-electron chi connectivity index (χ3n) is 4.39. The molecule has 0 saturated carbocycles. The summed E-state index contributed by atoms with van der Waals surface area (Å²) in [7, 11) is 2.96. The van der Waals surface area contributed by atoms with E-state index in [1.807, 2.05) is 0 Å². The Labute approximate surface area is 188 Å². The van der Waals surface area contributed by atoms with Crippen LogP contribution in [0.2, 0.25) is 5.02 Å². The number of carbonyl (C=O) groups is 2. The van der Waals surface area contributed by atoms with Gasteiger partial charge in [-0.2, -0.15) is 0 Å². The number of fused-ring (bicyclic) bond motifs is 1. The summed E-state index contributed by atoms with van der Waals surface area (Å²) < 4.78 is 20.9. The highest BCUT2D eigenvalue weighted by molar-refractivity contribution is 6.32. The van der Waals surface area contributed by atoms with E-state index in [-0.39, 0.29) is 18.1 Å². The van der Waals surface area contributed by atoms with E-state index in [0.29, 0.717) is 38.7 Å². The Morgan fingerprint density at radius 2 is 1.91 bits per heavy atom. The van der Waals surface area contributed by atoms with Crippen molar-refractivity contribution < 1.29 is 28.2 Å². The van der Waals surface area contributed by atoms with Gasteiger partial charge in [-0.3, -0.25) is 4.79 Å². The number of carbonyl (C=O) groups excluding carboxylic acids is 2. The summed E-state index contributed by atoms with van der Waals surface area (Å²) in [6.45, 7) is 1.23. The predicted octanol–water partition coefficient (Wildman–Crippen LogP) is 4.18. The summed E-state index contributed by atoms with van der Waals surface area (Å²) in [5.74, 6) is -0.0500. The molecule has 0 saturated heterocycles. The number of amides is 1. The SMILES string of the molecule is COc1cc(/C=C/C(=O)OCc2cc(=O)oc3cc(NC(C)=O)ccc23)cc(Cl)c1OC. The third kappa shape index (κ3) is 5.47. The van der Waals surface area contributed by atoms with E-state index in [2.05, 4.69) is 5.32 Å². The van der Waals surface area contributed by atoms with Crippen LogP contribution in [0.5, 0.6) is 11.5 Å². The second-order valence-electron chi connectivity index (χ2n) is 6.66. The molecule has 0 aliphatic rings. The van der Waals surface area contributed by atoms with Crippen LogP contribution >= 0.6 is 11.6 Å². The zero-order valence-electron chi connectivity index (χ0n) is 17.6. The Balaban J connectivity index is 1.75. The maximum Gasteiger partial charge on any atom is 0.336 e.